The second kappa shape index (κ2) is 4.90. The Morgan fingerprint density at radius 3 is 2.69 bits per heavy atom. The van der Waals surface area contributed by atoms with E-state index in [-0.39, 0.29) is 5.91 Å². The van der Waals surface area contributed by atoms with Crippen LogP contribution in [-0.4, -0.2) is 10.9 Å². The van der Waals surface area contributed by atoms with E-state index in [2.05, 4.69) is 23.3 Å². The van der Waals surface area contributed by atoms with Crippen LogP contribution in [-0.2, 0) is 6.54 Å². The fourth-order valence-electron chi connectivity index (χ4n) is 1.35. The van der Waals surface area contributed by atoms with Gasteiger partial charge in [0.25, 0.3) is 5.91 Å². The maximum Gasteiger partial charge on any atom is 0.251 e. The zero-order valence-electron chi connectivity index (χ0n) is 8.93. The third kappa shape index (κ3) is 2.67. The standard InChI is InChI=1S/C12H12N2OS/c1-9-2-3-11(16-9)8-14-12(15)10-4-6-13-7-5-10/h2-7H,8H2,1H3,(H,14,15). The fraction of sp³-hybridized carbons (Fsp3) is 0.167. The lowest BCUT2D eigenvalue weighted by Crippen LogP contribution is -2.22. The first kappa shape index (κ1) is 10.8. The molecule has 0 fully saturated rings. The van der Waals surface area contributed by atoms with Gasteiger partial charge in [-0.2, -0.15) is 0 Å². The molecule has 2 rings (SSSR count). The van der Waals surface area contributed by atoms with E-state index >= 15 is 0 Å². The molecule has 2 aromatic heterocycles. The summed E-state index contributed by atoms with van der Waals surface area (Å²) < 4.78 is 0. The molecule has 16 heavy (non-hydrogen) atoms. The molecule has 0 atom stereocenters. The number of amides is 1. The summed E-state index contributed by atoms with van der Waals surface area (Å²) in [4.78, 5) is 18.0. The molecule has 0 saturated carbocycles. The SMILES string of the molecule is Cc1ccc(CNC(=O)c2ccncc2)s1. The molecule has 1 amide bonds. The molecular weight excluding hydrogens is 220 g/mol. The van der Waals surface area contributed by atoms with Crippen molar-refractivity contribution in [3.8, 4) is 0 Å². The smallest absolute Gasteiger partial charge is 0.251 e. The molecule has 0 aliphatic heterocycles. The van der Waals surface area contributed by atoms with Gasteiger partial charge in [0.15, 0.2) is 0 Å². The molecule has 0 bridgehead atoms. The van der Waals surface area contributed by atoms with E-state index in [0.29, 0.717) is 12.1 Å². The van der Waals surface area contributed by atoms with E-state index in [1.54, 1.807) is 35.9 Å². The first-order valence-electron chi connectivity index (χ1n) is 4.99. The summed E-state index contributed by atoms with van der Waals surface area (Å²) in [6.45, 7) is 2.64. The first-order valence-corrected chi connectivity index (χ1v) is 5.81. The number of nitrogens with zero attached hydrogens (tertiary/aromatic N) is 1. The van der Waals surface area contributed by atoms with Gasteiger partial charge in [-0.3, -0.25) is 9.78 Å². The minimum atomic E-state index is -0.0616. The highest BCUT2D eigenvalue weighted by atomic mass is 32.1. The second-order valence-corrected chi connectivity index (χ2v) is 4.80. The molecule has 0 aliphatic carbocycles. The highest BCUT2D eigenvalue weighted by molar-refractivity contribution is 7.11. The fourth-order valence-corrected chi connectivity index (χ4v) is 2.18. The van der Waals surface area contributed by atoms with Gasteiger partial charge in [-0.15, -0.1) is 11.3 Å². The van der Waals surface area contributed by atoms with Crippen molar-refractivity contribution in [2.75, 3.05) is 0 Å². The highest BCUT2D eigenvalue weighted by Gasteiger charge is 2.04. The molecule has 3 nitrogen and oxygen atoms in total. The van der Waals surface area contributed by atoms with E-state index in [9.17, 15) is 4.79 Å². The zero-order valence-corrected chi connectivity index (χ0v) is 9.75. The minimum absolute atomic E-state index is 0.0616. The van der Waals surface area contributed by atoms with Crippen LogP contribution in [0.25, 0.3) is 0 Å². The largest absolute Gasteiger partial charge is 0.347 e. The number of hydrogen-bond donors (Lipinski definition) is 1. The average molecular weight is 232 g/mol. The van der Waals surface area contributed by atoms with E-state index in [1.807, 2.05) is 6.07 Å². The number of rotatable bonds is 3. The van der Waals surface area contributed by atoms with E-state index in [0.717, 1.165) is 0 Å². The van der Waals surface area contributed by atoms with E-state index in [1.165, 1.54) is 9.75 Å². The normalized spacial score (nSPS) is 10.1. The molecule has 0 aromatic carbocycles. The molecule has 2 aromatic rings. The Labute approximate surface area is 98.2 Å². The van der Waals surface area contributed by atoms with Crippen LogP contribution >= 0.6 is 11.3 Å². The summed E-state index contributed by atoms with van der Waals surface area (Å²) in [6, 6.07) is 7.50. The van der Waals surface area contributed by atoms with Crippen molar-refractivity contribution < 1.29 is 4.79 Å². The lowest BCUT2D eigenvalue weighted by molar-refractivity contribution is 0.0951. The molecule has 82 valence electrons. The van der Waals surface area contributed by atoms with E-state index < -0.39 is 0 Å². The van der Waals surface area contributed by atoms with Crippen molar-refractivity contribution in [3.05, 3.63) is 52.0 Å². The number of nitrogens with one attached hydrogen (secondary N) is 1. The van der Waals surface area contributed by atoms with Crippen LogP contribution in [0.5, 0.6) is 0 Å². The van der Waals surface area contributed by atoms with Gasteiger partial charge in [0, 0.05) is 27.7 Å². The third-order valence-electron chi connectivity index (χ3n) is 2.16. The minimum Gasteiger partial charge on any atom is -0.347 e. The maximum atomic E-state index is 11.7. The molecular formula is C12H12N2OS. The van der Waals surface area contributed by atoms with E-state index in [4.69, 9.17) is 0 Å². The van der Waals surface area contributed by atoms with Crippen LogP contribution < -0.4 is 5.32 Å². The lowest BCUT2D eigenvalue weighted by Gasteiger charge is -2.02. The number of carbonyl (C=O) groups is 1. The van der Waals surface area contributed by atoms with Gasteiger partial charge >= 0.3 is 0 Å². The molecule has 0 radical (unpaired) electrons. The monoisotopic (exact) mass is 232 g/mol. The number of aryl methyl sites for hydroxylation is 1. The van der Waals surface area contributed by atoms with Crippen LogP contribution in [0.1, 0.15) is 20.1 Å². The number of pyridine rings is 1. The van der Waals surface area contributed by atoms with Crippen molar-refractivity contribution in [1.82, 2.24) is 10.3 Å². The van der Waals surface area contributed by atoms with Crippen molar-refractivity contribution in [2.45, 2.75) is 13.5 Å². The number of carbonyl (C=O) groups excluding carboxylic acids is 1. The predicted molar refractivity (Wildman–Crippen MR) is 64.5 cm³/mol. The summed E-state index contributed by atoms with van der Waals surface area (Å²) >= 11 is 1.70. The Morgan fingerprint density at radius 1 is 1.31 bits per heavy atom. The van der Waals surface area contributed by atoms with Crippen molar-refractivity contribution >= 4 is 17.2 Å². The Bertz CT molecular complexity index is 479. The molecule has 0 unspecified atom stereocenters. The quantitative estimate of drug-likeness (QED) is 0.882. The van der Waals surface area contributed by atoms with Gasteiger partial charge in [0.1, 0.15) is 0 Å². The Balaban J connectivity index is 1.94. The Kier molecular flexibility index (Phi) is 3.31. The van der Waals surface area contributed by atoms with Crippen LogP contribution in [0.2, 0.25) is 0 Å². The predicted octanol–water partition coefficient (Wildman–Crippen LogP) is 2.38. The molecule has 0 saturated heterocycles. The Hall–Kier alpha value is -1.68. The summed E-state index contributed by atoms with van der Waals surface area (Å²) in [5, 5.41) is 2.87. The molecule has 2 heterocycles. The second-order valence-electron chi connectivity index (χ2n) is 3.43. The molecule has 4 heteroatoms. The number of hydrogen-bond acceptors (Lipinski definition) is 3. The maximum absolute atomic E-state index is 11.7. The van der Waals surface area contributed by atoms with Crippen molar-refractivity contribution in [2.24, 2.45) is 0 Å². The van der Waals surface area contributed by atoms with Crippen molar-refractivity contribution in [1.29, 1.82) is 0 Å². The summed E-state index contributed by atoms with van der Waals surface area (Å²) in [5.41, 5.74) is 0.642. The van der Waals surface area contributed by atoms with Gasteiger partial charge < -0.3 is 5.32 Å². The zero-order chi connectivity index (χ0) is 11.4. The van der Waals surface area contributed by atoms with Gasteiger partial charge in [-0.25, -0.2) is 0 Å². The summed E-state index contributed by atoms with van der Waals surface area (Å²) in [5.74, 6) is -0.0616. The summed E-state index contributed by atoms with van der Waals surface area (Å²) in [7, 11) is 0. The molecule has 0 aliphatic rings. The Morgan fingerprint density at radius 2 is 2.06 bits per heavy atom. The topological polar surface area (TPSA) is 42.0 Å². The number of thiophene rings is 1. The molecule has 1 N–H and O–H groups in total. The van der Waals surface area contributed by atoms with Gasteiger partial charge in [-0.1, -0.05) is 0 Å². The van der Waals surface area contributed by atoms with Gasteiger partial charge in [0.05, 0.1) is 6.54 Å². The first-order chi connectivity index (χ1) is 7.75. The van der Waals surface area contributed by atoms with Crippen LogP contribution in [0.15, 0.2) is 36.7 Å². The average Bonchev–Trinajstić information content (AvgIpc) is 2.73. The van der Waals surface area contributed by atoms with Crippen molar-refractivity contribution in [3.63, 3.8) is 0 Å². The third-order valence-corrected chi connectivity index (χ3v) is 3.16. The van der Waals surface area contributed by atoms with Crippen LogP contribution in [0, 0.1) is 6.92 Å². The molecule has 0 spiro atoms. The lowest BCUT2D eigenvalue weighted by atomic mass is 10.2. The van der Waals surface area contributed by atoms with Crippen LogP contribution in [0.4, 0.5) is 0 Å². The highest BCUT2D eigenvalue weighted by Crippen LogP contribution is 2.14. The van der Waals surface area contributed by atoms with Gasteiger partial charge in [-0.05, 0) is 31.2 Å². The van der Waals surface area contributed by atoms with Gasteiger partial charge in [0.2, 0.25) is 0 Å². The number of aromatic nitrogens is 1. The summed E-state index contributed by atoms with van der Waals surface area (Å²) in [6.07, 6.45) is 3.23. The van der Waals surface area contributed by atoms with Crippen LogP contribution in [0.3, 0.4) is 0 Å².